The first-order valence-corrected chi connectivity index (χ1v) is 6.94. The van der Waals surface area contributed by atoms with Gasteiger partial charge in [0.25, 0.3) is 0 Å². The third-order valence-electron chi connectivity index (χ3n) is 3.32. The van der Waals surface area contributed by atoms with Gasteiger partial charge in [-0.2, -0.15) is 5.26 Å². The molecule has 0 aromatic heterocycles. The molecule has 22 heavy (non-hydrogen) atoms. The van der Waals surface area contributed by atoms with Crippen molar-refractivity contribution in [1.29, 1.82) is 5.26 Å². The zero-order valence-electron chi connectivity index (χ0n) is 11.6. The molecule has 0 aliphatic carbocycles. The van der Waals surface area contributed by atoms with Crippen LogP contribution in [0.5, 0.6) is 0 Å². The average Bonchev–Trinajstić information content (AvgIpc) is 2.47. The number of benzene rings is 1. The lowest BCUT2D eigenvalue weighted by Crippen LogP contribution is -2.59. The molecule has 2 rings (SSSR count). The Labute approximate surface area is 132 Å². The van der Waals surface area contributed by atoms with Gasteiger partial charge in [-0.3, -0.25) is 0 Å². The van der Waals surface area contributed by atoms with Gasteiger partial charge in [-0.25, -0.2) is 8.78 Å². The molecule has 0 bridgehead atoms. The number of nitrogens with two attached hydrogens (primary N) is 1. The molecule has 0 fully saturated rings. The molecular weight excluding hydrogens is 306 g/mol. The first kappa shape index (κ1) is 15.9. The third-order valence-corrected chi connectivity index (χ3v) is 3.42. The van der Waals surface area contributed by atoms with E-state index in [4.69, 9.17) is 18.0 Å². The summed E-state index contributed by atoms with van der Waals surface area (Å²) in [5, 5.41) is 12.1. The fraction of sp³-hybridized carbons (Fsp3) is 0.200. The molecule has 1 heterocycles. The predicted molar refractivity (Wildman–Crippen MR) is 83.3 cm³/mol. The Balaban J connectivity index is 2.20. The Morgan fingerprint density at radius 3 is 2.64 bits per heavy atom. The smallest absolute Gasteiger partial charge is 0.221 e. The first-order valence-electron chi connectivity index (χ1n) is 6.53. The Kier molecular flexibility index (Phi) is 4.73. The second-order valence-corrected chi connectivity index (χ2v) is 5.15. The van der Waals surface area contributed by atoms with Crippen LogP contribution in [0.4, 0.5) is 8.78 Å². The predicted octanol–water partition coefficient (Wildman–Crippen LogP) is 1.95. The minimum Gasteiger partial charge on any atom is -0.376 e. The minimum atomic E-state index is -1.26. The van der Waals surface area contributed by atoms with Crippen molar-refractivity contribution in [2.75, 3.05) is 6.54 Å². The molecule has 0 saturated heterocycles. The fourth-order valence-electron chi connectivity index (χ4n) is 2.25. The second-order valence-electron chi connectivity index (χ2n) is 4.71. The van der Waals surface area contributed by atoms with E-state index < -0.39 is 17.3 Å². The molecule has 0 spiro atoms. The lowest BCUT2D eigenvalue weighted by molar-refractivity contribution is 0.234. The summed E-state index contributed by atoms with van der Waals surface area (Å²) in [5.41, 5.74) is 4.18. The van der Waals surface area contributed by atoms with Crippen molar-refractivity contribution in [3.05, 3.63) is 59.8 Å². The van der Waals surface area contributed by atoms with Crippen LogP contribution in [0.3, 0.4) is 0 Å². The van der Waals surface area contributed by atoms with Crippen molar-refractivity contribution < 1.29 is 8.78 Å². The Morgan fingerprint density at radius 2 is 2.05 bits per heavy atom. The van der Waals surface area contributed by atoms with E-state index in [1.165, 1.54) is 18.2 Å². The molecule has 114 valence electrons. The van der Waals surface area contributed by atoms with Crippen LogP contribution in [-0.2, 0) is 6.42 Å². The maximum absolute atomic E-state index is 13.7. The number of thiocarbonyl (C=S) groups is 1. The van der Waals surface area contributed by atoms with E-state index >= 15 is 0 Å². The quantitative estimate of drug-likeness (QED) is 0.830. The average molecular weight is 320 g/mol. The number of rotatable bonds is 4. The maximum Gasteiger partial charge on any atom is 0.221 e. The fourth-order valence-corrected chi connectivity index (χ4v) is 2.40. The third kappa shape index (κ3) is 3.23. The van der Waals surface area contributed by atoms with Gasteiger partial charge >= 0.3 is 0 Å². The molecule has 0 radical (unpaired) electrons. The number of nitrogens with one attached hydrogen (secondary N) is 1. The summed E-state index contributed by atoms with van der Waals surface area (Å²) in [6, 6.07) is 5.80. The molecule has 4 nitrogen and oxygen atoms in total. The summed E-state index contributed by atoms with van der Waals surface area (Å²) in [5.74, 6) is -1.22. The van der Waals surface area contributed by atoms with Gasteiger partial charge in [0, 0.05) is 18.3 Å². The summed E-state index contributed by atoms with van der Waals surface area (Å²) in [6.07, 6.45) is 6.72. The van der Waals surface area contributed by atoms with Crippen LogP contribution in [0.25, 0.3) is 0 Å². The van der Waals surface area contributed by atoms with E-state index in [9.17, 15) is 14.0 Å². The molecule has 1 aliphatic rings. The van der Waals surface area contributed by atoms with Gasteiger partial charge in [0.1, 0.15) is 17.7 Å². The minimum absolute atomic E-state index is 0.0207. The Morgan fingerprint density at radius 1 is 1.36 bits per heavy atom. The molecule has 7 heteroatoms. The normalized spacial score (nSPS) is 19.8. The monoisotopic (exact) mass is 320 g/mol. The van der Waals surface area contributed by atoms with Crippen LogP contribution in [0, 0.1) is 23.0 Å². The van der Waals surface area contributed by atoms with E-state index in [0.29, 0.717) is 0 Å². The van der Waals surface area contributed by atoms with Crippen LogP contribution in [0.1, 0.15) is 5.56 Å². The van der Waals surface area contributed by atoms with Crippen molar-refractivity contribution >= 4 is 17.3 Å². The Bertz CT molecular complexity index is 660. The van der Waals surface area contributed by atoms with E-state index in [1.807, 2.05) is 0 Å². The number of nitrogens with zero attached hydrogens (tertiary/aromatic N) is 2. The molecule has 1 unspecified atom stereocenters. The van der Waals surface area contributed by atoms with Crippen molar-refractivity contribution in [1.82, 2.24) is 10.2 Å². The van der Waals surface area contributed by atoms with Crippen LogP contribution in [0.15, 0.2) is 42.6 Å². The van der Waals surface area contributed by atoms with Crippen molar-refractivity contribution in [2.24, 2.45) is 5.73 Å². The van der Waals surface area contributed by atoms with Gasteiger partial charge in [0.2, 0.25) is 5.66 Å². The summed E-state index contributed by atoms with van der Waals surface area (Å²) < 4.78 is 27.4. The largest absolute Gasteiger partial charge is 0.376 e. The summed E-state index contributed by atoms with van der Waals surface area (Å²) >= 11 is 4.80. The van der Waals surface area contributed by atoms with Gasteiger partial charge in [-0.1, -0.05) is 12.1 Å². The molecule has 1 aromatic carbocycles. The number of allylic oxidation sites excluding steroid dienone is 2. The lowest BCUT2D eigenvalue weighted by atomic mass is 10.0. The van der Waals surface area contributed by atoms with E-state index in [-0.39, 0.29) is 23.6 Å². The van der Waals surface area contributed by atoms with E-state index in [2.05, 4.69) is 11.4 Å². The van der Waals surface area contributed by atoms with Crippen LogP contribution in [-0.4, -0.2) is 22.2 Å². The molecule has 0 saturated carbocycles. The van der Waals surface area contributed by atoms with Crippen LogP contribution in [0.2, 0.25) is 0 Å². The highest BCUT2D eigenvalue weighted by Crippen LogP contribution is 2.20. The maximum atomic E-state index is 13.7. The molecule has 1 aliphatic heterocycles. The van der Waals surface area contributed by atoms with Gasteiger partial charge < -0.3 is 16.0 Å². The molecule has 1 atom stereocenters. The number of halogens is 2. The van der Waals surface area contributed by atoms with Gasteiger partial charge in [-0.05, 0) is 42.9 Å². The molecule has 0 amide bonds. The standard InChI is InChI=1S/C15H14F2N4S/c16-12-4-3-5-13(17)11(12)6-9-21-8-2-1-7-15(21,10-18)20-14(19)22/h1-5,7-8H,6,9H2,(H3,19,20,22). The first-order chi connectivity index (χ1) is 10.5. The molecular formula is C15H14F2N4S. The Hall–Kier alpha value is -2.46. The second kappa shape index (κ2) is 6.54. The zero-order chi connectivity index (χ0) is 16.2. The SMILES string of the molecule is N#CC1(NC(N)=S)C=CC=CN1CCc1c(F)cccc1F. The van der Waals surface area contributed by atoms with Crippen LogP contribution < -0.4 is 11.1 Å². The van der Waals surface area contributed by atoms with Gasteiger partial charge in [-0.15, -0.1) is 0 Å². The number of hydrogen-bond acceptors (Lipinski definition) is 3. The topological polar surface area (TPSA) is 65.1 Å². The number of nitriles is 1. The lowest BCUT2D eigenvalue weighted by Gasteiger charge is -2.38. The summed E-state index contributed by atoms with van der Waals surface area (Å²) in [4.78, 5) is 1.60. The van der Waals surface area contributed by atoms with Crippen molar-refractivity contribution in [3.63, 3.8) is 0 Å². The summed E-state index contributed by atoms with van der Waals surface area (Å²) in [6.45, 7) is 0.210. The van der Waals surface area contributed by atoms with Crippen molar-refractivity contribution in [2.45, 2.75) is 12.1 Å². The van der Waals surface area contributed by atoms with E-state index in [1.54, 1.807) is 29.3 Å². The van der Waals surface area contributed by atoms with Gasteiger partial charge in [0.05, 0.1) is 0 Å². The van der Waals surface area contributed by atoms with Gasteiger partial charge in [0.15, 0.2) is 5.11 Å². The highest BCUT2D eigenvalue weighted by molar-refractivity contribution is 7.80. The van der Waals surface area contributed by atoms with E-state index in [0.717, 1.165) is 0 Å². The van der Waals surface area contributed by atoms with Crippen LogP contribution >= 0.6 is 12.2 Å². The number of hydrogen-bond donors (Lipinski definition) is 2. The zero-order valence-corrected chi connectivity index (χ0v) is 12.4. The summed E-state index contributed by atoms with van der Waals surface area (Å²) in [7, 11) is 0. The highest BCUT2D eigenvalue weighted by atomic mass is 32.1. The van der Waals surface area contributed by atoms with Crippen molar-refractivity contribution in [3.8, 4) is 6.07 Å². The molecule has 1 aromatic rings. The highest BCUT2D eigenvalue weighted by Gasteiger charge is 2.34. The molecule has 3 N–H and O–H groups in total.